The lowest BCUT2D eigenvalue weighted by Crippen LogP contribution is -2.15. The van der Waals surface area contributed by atoms with Gasteiger partial charge in [-0.05, 0) is 41.6 Å². The summed E-state index contributed by atoms with van der Waals surface area (Å²) in [5, 5.41) is 1.97. The number of amides is 1. The molecule has 1 amide bonds. The monoisotopic (exact) mass is 352 g/mol. The van der Waals surface area contributed by atoms with Gasteiger partial charge in [0.2, 0.25) is 0 Å². The standard InChI is InChI=1S/C19H16N2OS2/c1-3-11-21-16-9-7-14(4-2)13-17(16)24-19(21)20-18(22)10-8-15-6-5-12-23-15/h1,5-10,12-13H,4,11H2,2H3/b10-8+,20-19?. The van der Waals surface area contributed by atoms with Gasteiger partial charge in [-0.1, -0.05) is 36.3 Å². The van der Waals surface area contributed by atoms with Crippen molar-refractivity contribution >= 4 is 44.9 Å². The summed E-state index contributed by atoms with van der Waals surface area (Å²) in [6.07, 6.45) is 9.73. The van der Waals surface area contributed by atoms with Crippen LogP contribution in [0.1, 0.15) is 17.4 Å². The number of carbonyl (C=O) groups is 1. The predicted molar refractivity (Wildman–Crippen MR) is 102 cm³/mol. The molecular weight excluding hydrogens is 336 g/mol. The molecule has 0 unspecified atom stereocenters. The summed E-state index contributed by atoms with van der Waals surface area (Å²) in [4.78, 5) is 18.1. The van der Waals surface area contributed by atoms with Gasteiger partial charge in [-0.3, -0.25) is 4.79 Å². The van der Waals surface area contributed by atoms with E-state index in [-0.39, 0.29) is 5.91 Å². The number of carbonyl (C=O) groups excluding carboxylic acids is 1. The Labute approximate surface area is 148 Å². The summed E-state index contributed by atoms with van der Waals surface area (Å²) in [6, 6.07) is 10.2. The molecule has 2 heterocycles. The Bertz CT molecular complexity index is 998. The predicted octanol–water partition coefficient (Wildman–Crippen LogP) is 4.10. The van der Waals surface area contributed by atoms with E-state index in [0.29, 0.717) is 11.3 Å². The van der Waals surface area contributed by atoms with E-state index < -0.39 is 0 Å². The zero-order valence-corrected chi connectivity index (χ0v) is 14.9. The zero-order valence-electron chi connectivity index (χ0n) is 13.2. The maximum atomic E-state index is 12.2. The fourth-order valence-corrected chi connectivity index (χ4v) is 4.05. The lowest BCUT2D eigenvalue weighted by molar-refractivity contribution is -0.113. The Morgan fingerprint density at radius 3 is 3.00 bits per heavy atom. The van der Waals surface area contributed by atoms with Crippen molar-refractivity contribution in [2.24, 2.45) is 4.99 Å². The topological polar surface area (TPSA) is 34.4 Å². The van der Waals surface area contributed by atoms with Crippen LogP contribution >= 0.6 is 22.7 Å². The van der Waals surface area contributed by atoms with E-state index in [1.54, 1.807) is 17.4 Å². The highest BCUT2D eigenvalue weighted by atomic mass is 32.1. The molecule has 0 aliphatic heterocycles. The lowest BCUT2D eigenvalue weighted by atomic mass is 10.2. The first kappa shape index (κ1) is 16.4. The average molecular weight is 352 g/mol. The highest BCUT2D eigenvalue weighted by molar-refractivity contribution is 7.16. The Balaban J connectivity index is 2.02. The largest absolute Gasteiger partial charge is 0.305 e. The highest BCUT2D eigenvalue weighted by Gasteiger charge is 2.07. The van der Waals surface area contributed by atoms with Gasteiger partial charge in [0.25, 0.3) is 5.91 Å². The van der Waals surface area contributed by atoms with E-state index in [4.69, 9.17) is 6.42 Å². The van der Waals surface area contributed by atoms with Gasteiger partial charge < -0.3 is 4.57 Å². The molecule has 24 heavy (non-hydrogen) atoms. The fraction of sp³-hybridized carbons (Fsp3) is 0.158. The van der Waals surface area contributed by atoms with Crippen molar-refractivity contribution in [3.05, 3.63) is 57.0 Å². The molecule has 0 atom stereocenters. The molecule has 0 saturated carbocycles. The van der Waals surface area contributed by atoms with Gasteiger partial charge in [0.1, 0.15) is 0 Å². The van der Waals surface area contributed by atoms with Gasteiger partial charge in [0.15, 0.2) is 4.80 Å². The summed E-state index contributed by atoms with van der Waals surface area (Å²) in [7, 11) is 0. The molecule has 120 valence electrons. The second-order valence-corrected chi connectivity index (χ2v) is 7.12. The van der Waals surface area contributed by atoms with E-state index in [0.717, 1.165) is 21.5 Å². The van der Waals surface area contributed by atoms with E-state index in [9.17, 15) is 4.79 Å². The number of thiazole rings is 1. The molecule has 0 aliphatic carbocycles. The smallest absolute Gasteiger partial charge is 0.272 e. The molecule has 1 aromatic carbocycles. The van der Waals surface area contributed by atoms with Crippen LogP contribution in [0.5, 0.6) is 0 Å². The summed E-state index contributed by atoms with van der Waals surface area (Å²) < 4.78 is 3.01. The van der Waals surface area contributed by atoms with Crippen LogP contribution in [0, 0.1) is 12.3 Å². The van der Waals surface area contributed by atoms with Crippen LogP contribution in [0.3, 0.4) is 0 Å². The molecule has 5 heteroatoms. The third kappa shape index (κ3) is 3.56. The SMILES string of the molecule is C#CCn1c(=NC(=O)/C=C/c2cccs2)sc2cc(CC)ccc21. The number of thiophene rings is 1. The Kier molecular flexibility index (Phi) is 5.09. The van der Waals surface area contributed by atoms with Crippen molar-refractivity contribution in [3.8, 4) is 12.3 Å². The second-order valence-electron chi connectivity index (χ2n) is 5.13. The third-order valence-corrected chi connectivity index (χ3v) is 5.42. The van der Waals surface area contributed by atoms with Crippen molar-refractivity contribution < 1.29 is 4.79 Å². The van der Waals surface area contributed by atoms with Crippen LogP contribution in [0.2, 0.25) is 0 Å². The molecule has 3 nitrogen and oxygen atoms in total. The maximum Gasteiger partial charge on any atom is 0.272 e. The van der Waals surface area contributed by atoms with Crippen molar-refractivity contribution in [1.29, 1.82) is 0 Å². The average Bonchev–Trinajstić information content (AvgIpc) is 3.21. The molecule has 0 bridgehead atoms. The Morgan fingerprint density at radius 1 is 1.42 bits per heavy atom. The van der Waals surface area contributed by atoms with Crippen LogP contribution in [-0.4, -0.2) is 10.5 Å². The van der Waals surface area contributed by atoms with Gasteiger partial charge in [-0.25, -0.2) is 0 Å². The van der Waals surface area contributed by atoms with E-state index in [1.165, 1.54) is 23.0 Å². The lowest BCUT2D eigenvalue weighted by Gasteiger charge is -2.00. The van der Waals surface area contributed by atoms with Crippen LogP contribution in [-0.2, 0) is 17.8 Å². The Hall–Kier alpha value is -2.42. The van der Waals surface area contributed by atoms with Gasteiger partial charge >= 0.3 is 0 Å². The molecular formula is C19H16N2OS2. The van der Waals surface area contributed by atoms with Crippen molar-refractivity contribution in [2.75, 3.05) is 0 Å². The highest BCUT2D eigenvalue weighted by Crippen LogP contribution is 2.19. The number of aryl methyl sites for hydroxylation is 1. The number of hydrogen-bond donors (Lipinski definition) is 0. The van der Waals surface area contributed by atoms with Crippen LogP contribution in [0.25, 0.3) is 16.3 Å². The minimum Gasteiger partial charge on any atom is -0.305 e. The van der Waals surface area contributed by atoms with E-state index in [1.807, 2.05) is 28.1 Å². The summed E-state index contributed by atoms with van der Waals surface area (Å²) in [5.74, 6) is 2.36. The van der Waals surface area contributed by atoms with E-state index in [2.05, 4.69) is 30.0 Å². The van der Waals surface area contributed by atoms with Crippen LogP contribution < -0.4 is 4.80 Å². The molecule has 3 rings (SSSR count). The van der Waals surface area contributed by atoms with Gasteiger partial charge in [-0.15, -0.1) is 17.8 Å². The van der Waals surface area contributed by atoms with E-state index >= 15 is 0 Å². The first-order valence-electron chi connectivity index (χ1n) is 7.57. The summed E-state index contributed by atoms with van der Waals surface area (Å²) in [6.45, 7) is 2.51. The first-order valence-corrected chi connectivity index (χ1v) is 9.27. The molecule has 0 fully saturated rings. The molecule has 0 aliphatic rings. The minimum atomic E-state index is -0.281. The van der Waals surface area contributed by atoms with Crippen molar-refractivity contribution in [1.82, 2.24) is 4.57 Å². The maximum absolute atomic E-state index is 12.2. The number of nitrogens with zero attached hydrogens (tertiary/aromatic N) is 2. The number of rotatable bonds is 4. The zero-order chi connectivity index (χ0) is 16.9. The molecule has 0 N–H and O–H groups in total. The first-order chi connectivity index (χ1) is 11.7. The van der Waals surface area contributed by atoms with Gasteiger partial charge in [-0.2, -0.15) is 4.99 Å². The number of terminal acetylenes is 1. The number of fused-ring (bicyclic) bond motifs is 1. The van der Waals surface area contributed by atoms with Crippen LogP contribution in [0.15, 0.2) is 46.8 Å². The third-order valence-electron chi connectivity index (χ3n) is 3.54. The fourth-order valence-electron chi connectivity index (χ4n) is 2.34. The quantitative estimate of drug-likeness (QED) is 0.514. The number of aromatic nitrogens is 1. The molecule has 2 aromatic heterocycles. The Morgan fingerprint density at radius 2 is 2.29 bits per heavy atom. The number of hydrogen-bond acceptors (Lipinski definition) is 3. The molecule has 0 saturated heterocycles. The number of benzene rings is 1. The van der Waals surface area contributed by atoms with Crippen LogP contribution in [0.4, 0.5) is 0 Å². The van der Waals surface area contributed by atoms with Gasteiger partial charge in [0, 0.05) is 11.0 Å². The second kappa shape index (κ2) is 7.43. The minimum absolute atomic E-state index is 0.281. The normalized spacial score (nSPS) is 12.1. The summed E-state index contributed by atoms with van der Waals surface area (Å²) >= 11 is 3.07. The summed E-state index contributed by atoms with van der Waals surface area (Å²) in [5.41, 5.74) is 2.27. The molecule has 0 radical (unpaired) electrons. The van der Waals surface area contributed by atoms with Crippen molar-refractivity contribution in [3.63, 3.8) is 0 Å². The molecule has 0 spiro atoms. The van der Waals surface area contributed by atoms with Crippen molar-refractivity contribution in [2.45, 2.75) is 19.9 Å². The van der Waals surface area contributed by atoms with Gasteiger partial charge in [0.05, 0.1) is 16.8 Å². The molecule has 3 aromatic rings.